The quantitative estimate of drug-likeness (QED) is 0.831. The van der Waals surface area contributed by atoms with Gasteiger partial charge < -0.3 is 10.1 Å². The highest BCUT2D eigenvalue weighted by molar-refractivity contribution is 9.10. The Labute approximate surface area is 133 Å². The number of aromatic nitrogens is 3. The van der Waals surface area contributed by atoms with Crippen LogP contribution in [0.25, 0.3) is 0 Å². The fourth-order valence-corrected chi connectivity index (χ4v) is 2.95. The summed E-state index contributed by atoms with van der Waals surface area (Å²) in [6.45, 7) is 3.48. The van der Waals surface area contributed by atoms with E-state index in [0.717, 1.165) is 22.3 Å². The predicted octanol–water partition coefficient (Wildman–Crippen LogP) is 2.56. The second-order valence-electron chi connectivity index (χ2n) is 4.72. The fourth-order valence-electron chi connectivity index (χ4n) is 2.43. The molecule has 0 aliphatic rings. The molecule has 0 fully saturated rings. The summed E-state index contributed by atoms with van der Waals surface area (Å²) in [7, 11) is 3.64. The first kappa shape index (κ1) is 16.1. The van der Waals surface area contributed by atoms with Gasteiger partial charge in [-0.1, -0.05) is 13.0 Å². The smallest absolute Gasteiger partial charge is 0.0933 e. The maximum atomic E-state index is 5.16. The molecule has 0 radical (unpaired) electrons. The number of nitrogens with one attached hydrogen (secondary N) is 1. The van der Waals surface area contributed by atoms with Gasteiger partial charge in [0.2, 0.25) is 0 Å². The first-order valence-electron chi connectivity index (χ1n) is 7.04. The van der Waals surface area contributed by atoms with Crippen molar-refractivity contribution in [3.63, 3.8) is 0 Å². The lowest BCUT2D eigenvalue weighted by molar-refractivity contribution is 0.182. The van der Waals surface area contributed by atoms with E-state index in [1.54, 1.807) is 7.11 Å². The number of nitrogens with zero attached hydrogens (tertiary/aromatic N) is 3. The number of rotatable bonds is 7. The number of ether oxygens (including phenoxy) is 1. The van der Waals surface area contributed by atoms with Gasteiger partial charge in [-0.05, 0) is 41.0 Å². The van der Waals surface area contributed by atoms with Crippen LogP contribution >= 0.6 is 15.9 Å². The van der Waals surface area contributed by atoms with Crippen molar-refractivity contribution in [2.75, 3.05) is 20.8 Å². The van der Waals surface area contributed by atoms with Gasteiger partial charge in [0, 0.05) is 13.3 Å². The van der Waals surface area contributed by atoms with Gasteiger partial charge in [0.1, 0.15) is 0 Å². The molecule has 0 amide bonds. The van der Waals surface area contributed by atoms with E-state index < -0.39 is 0 Å². The van der Waals surface area contributed by atoms with Gasteiger partial charge in [0.25, 0.3) is 0 Å². The third-order valence-electron chi connectivity index (χ3n) is 3.48. The van der Waals surface area contributed by atoms with Crippen molar-refractivity contribution >= 4 is 15.9 Å². The van der Waals surface area contributed by atoms with Gasteiger partial charge >= 0.3 is 0 Å². The lowest BCUT2D eigenvalue weighted by Crippen LogP contribution is -2.25. The first-order chi connectivity index (χ1) is 10.2. The number of halogens is 1. The van der Waals surface area contributed by atoms with Crippen molar-refractivity contribution in [2.45, 2.75) is 25.9 Å². The van der Waals surface area contributed by atoms with Gasteiger partial charge in [-0.15, -0.1) is 0 Å². The van der Waals surface area contributed by atoms with Gasteiger partial charge in [-0.3, -0.25) is 9.67 Å². The monoisotopic (exact) mass is 352 g/mol. The topological polar surface area (TPSA) is 52.0 Å². The largest absolute Gasteiger partial charge is 0.383 e. The summed E-state index contributed by atoms with van der Waals surface area (Å²) < 4.78 is 8.10. The van der Waals surface area contributed by atoms with Gasteiger partial charge in [-0.2, -0.15) is 5.10 Å². The average molecular weight is 353 g/mol. The predicted molar refractivity (Wildman–Crippen MR) is 86.3 cm³/mol. The molecule has 0 aromatic carbocycles. The van der Waals surface area contributed by atoms with Crippen molar-refractivity contribution in [3.8, 4) is 0 Å². The van der Waals surface area contributed by atoms with Crippen molar-refractivity contribution in [3.05, 3.63) is 46.0 Å². The van der Waals surface area contributed by atoms with E-state index in [2.05, 4.69) is 44.3 Å². The molecule has 0 saturated heterocycles. The molecule has 1 N–H and O–H groups in total. The molecule has 0 saturated carbocycles. The van der Waals surface area contributed by atoms with Crippen LogP contribution in [0, 0.1) is 0 Å². The lowest BCUT2D eigenvalue weighted by Gasteiger charge is -2.20. The number of pyridine rings is 1. The molecule has 1 unspecified atom stereocenters. The number of hydrogen-bond donors (Lipinski definition) is 1. The Hall–Kier alpha value is -1.24. The molecule has 2 aromatic heterocycles. The number of methoxy groups -OCH3 is 1. The van der Waals surface area contributed by atoms with Crippen LogP contribution in [-0.4, -0.2) is 35.5 Å². The summed E-state index contributed by atoms with van der Waals surface area (Å²) in [4.78, 5) is 4.58. The van der Waals surface area contributed by atoms with Crippen LogP contribution in [0.3, 0.4) is 0 Å². The van der Waals surface area contributed by atoms with E-state index in [4.69, 9.17) is 4.74 Å². The molecular formula is C15H21BrN4O. The van der Waals surface area contributed by atoms with Crippen LogP contribution in [0.4, 0.5) is 0 Å². The summed E-state index contributed by atoms with van der Waals surface area (Å²) in [6.07, 6.45) is 4.61. The Bertz CT molecular complexity index is 585. The molecule has 2 rings (SSSR count). The van der Waals surface area contributed by atoms with E-state index in [1.165, 1.54) is 5.56 Å². The minimum Gasteiger partial charge on any atom is -0.383 e. The molecular weight excluding hydrogens is 332 g/mol. The Balaban J connectivity index is 2.44. The summed E-state index contributed by atoms with van der Waals surface area (Å²) in [5.41, 5.74) is 3.36. The minimum absolute atomic E-state index is 0.00474. The van der Waals surface area contributed by atoms with Crippen LogP contribution < -0.4 is 5.32 Å². The van der Waals surface area contributed by atoms with Crippen molar-refractivity contribution < 1.29 is 4.74 Å². The Morgan fingerprint density at radius 2 is 2.29 bits per heavy atom. The molecule has 0 aliphatic heterocycles. The molecule has 0 bridgehead atoms. The number of hydrogen-bond acceptors (Lipinski definition) is 4. The Morgan fingerprint density at radius 1 is 1.48 bits per heavy atom. The zero-order chi connectivity index (χ0) is 15.2. The fraction of sp³-hybridized carbons (Fsp3) is 0.467. The summed E-state index contributed by atoms with van der Waals surface area (Å²) in [5, 5.41) is 7.78. The van der Waals surface area contributed by atoms with Crippen LogP contribution in [0.1, 0.15) is 29.9 Å². The van der Waals surface area contributed by atoms with E-state index in [9.17, 15) is 0 Å². The lowest BCUT2D eigenvalue weighted by atomic mass is 10.0. The van der Waals surface area contributed by atoms with Crippen LogP contribution in [-0.2, 0) is 17.7 Å². The minimum atomic E-state index is -0.00474. The third kappa shape index (κ3) is 3.51. The molecule has 6 heteroatoms. The molecule has 0 spiro atoms. The zero-order valence-corrected chi connectivity index (χ0v) is 14.2. The summed E-state index contributed by atoms with van der Waals surface area (Å²) in [6, 6.07) is 4.10. The first-order valence-corrected chi connectivity index (χ1v) is 7.83. The zero-order valence-electron chi connectivity index (χ0n) is 12.6. The highest BCUT2D eigenvalue weighted by Gasteiger charge is 2.23. The molecule has 2 heterocycles. The Morgan fingerprint density at radius 3 is 2.95 bits per heavy atom. The Kier molecular flexibility index (Phi) is 5.90. The standard InChI is InChI=1S/C15H21BrN4O/c1-4-11-6-5-7-18-13(11)14(17-2)15-12(16)10-19-20(15)8-9-21-3/h5-7,10,14,17H,4,8-9H2,1-3H3. The third-order valence-corrected chi connectivity index (χ3v) is 4.09. The average Bonchev–Trinajstić information content (AvgIpc) is 2.88. The van der Waals surface area contributed by atoms with E-state index in [1.807, 2.05) is 30.2 Å². The molecule has 5 nitrogen and oxygen atoms in total. The molecule has 0 aliphatic carbocycles. The second kappa shape index (κ2) is 7.68. The van der Waals surface area contributed by atoms with E-state index in [-0.39, 0.29) is 6.04 Å². The molecule has 1 atom stereocenters. The summed E-state index contributed by atoms with van der Waals surface area (Å²) in [5.74, 6) is 0. The van der Waals surface area contributed by atoms with Crippen molar-refractivity contribution in [1.29, 1.82) is 0 Å². The van der Waals surface area contributed by atoms with Crippen molar-refractivity contribution in [1.82, 2.24) is 20.1 Å². The molecule has 114 valence electrons. The van der Waals surface area contributed by atoms with Crippen LogP contribution in [0.5, 0.6) is 0 Å². The highest BCUT2D eigenvalue weighted by Crippen LogP contribution is 2.29. The number of aryl methyl sites for hydroxylation is 1. The molecule has 21 heavy (non-hydrogen) atoms. The maximum Gasteiger partial charge on any atom is 0.0933 e. The van der Waals surface area contributed by atoms with Crippen LogP contribution in [0.2, 0.25) is 0 Å². The van der Waals surface area contributed by atoms with Gasteiger partial charge in [0.15, 0.2) is 0 Å². The SMILES string of the molecule is CCc1cccnc1C(NC)c1c(Br)cnn1CCOC. The van der Waals surface area contributed by atoms with Gasteiger partial charge in [-0.25, -0.2) is 0 Å². The van der Waals surface area contributed by atoms with E-state index in [0.29, 0.717) is 13.2 Å². The highest BCUT2D eigenvalue weighted by atomic mass is 79.9. The van der Waals surface area contributed by atoms with E-state index >= 15 is 0 Å². The molecule has 2 aromatic rings. The second-order valence-corrected chi connectivity index (χ2v) is 5.57. The van der Waals surface area contributed by atoms with Crippen LogP contribution in [0.15, 0.2) is 29.0 Å². The normalized spacial score (nSPS) is 12.6. The summed E-state index contributed by atoms with van der Waals surface area (Å²) >= 11 is 3.60. The van der Waals surface area contributed by atoms with Crippen molar-refractivity contribution in [2.24, 2.45) is 0 Å². The maximum absolute atomic E-state index is 5.16. The van der Waals surface area contributed by atoms with Gasteiger partial charge in [0.05, 0.1) is 41.3 Å².